The van der Waals surface area contributed by atoms with Crippen LogP contribution in [0.3, 0.4) is 0 Å². The minimum Gasteiger partial charge on any atom is -0.369 e. The van der Waals surface area contributed by atoms with E-state index in [1.54, 1.807) is 0 Å². The lowest BCUT2D eigenvalue weighted by Gasteiger charge is -2.35. The SMILES string of the molecule is CCN1CCN(c2ccc(C(=O)NCCn3c(C)nc4ccccc43)cc2)CC1. The van der Waals surface area contributed by atoms with Crippen LogP contribution in [0.4, 0.5) is 5.69 Å². The molecule has 0 atom stereocenters. The van der Waals surface area contributed by atoms with Gasteiger partial charge in [0.15, 0.2) is 0 Å². The highest BCUT2D eigenvalue weighted by molar-refractivity contribution is 5.94. The van der Waals surface area contributed by atoms with Gasteiger partial charge in [-0.05, 0) is 49.9 Å². The number of carbonyl (C=O) groups excluding carboxylic acids is 1. The van der Waals surface area contributed by atoms with E-state index < -0.39 is 0 Å². The number of nitrogens with zero attached hydrogens (tertiary/aromatic N) is 4. The maximum Gasteiger partial charge on any atom is 0.251 e. The lowest BCUT2D eigenvalue weighted by molar-refractivity contribution is 0.0952. The van der Waals surface area contributed by atoms with Crippen molar-refractivity contribution >= 4 is 22.6 Å². The summed E-state index contributed by atoms with van der Waals surface area (Å²) in [5, 5.41) is 3.03. The molecule has 1 N–H and O–H groups in total. The van der Waals surface area contributed by atoms with E-state index in [0.717, 1.165) is 49.6 Å². The zero-order valence-corrected chi connectivity index (χ0v) is 17.3. The van der Waals surface area contributed by atoms with Gasteiger partial charge >= 0.3 is 0 Å². The Morgan fingerprint density at radius 3 is 2.48 bits per heavy atom. The number of likely N-dealkylation sites (N-methyl/N-ethyl adjacent to an activating group) is 1. The second-order valence-electron chi connectivity index (χ2n) is 7.52. The Balaban J connectivity index is 1.32. The van der Waals surface area contributed by atoms with Gasteiger partial charge in [0.05, 0.1) is 11.0 Å². The summed E-state index contributed by atoms with van der Waals surface area (Å²) in [6.45, 7) is 10.9. The van der Waals surface area contributed by atoms with Crippen LogP contribution in [0, 0.1) is 6.92 Å². The number of carbonyl (C=O) groups is 1. The fourth-order valence-electron chi connectivity index (χ4n) is 4.01. The van der Waals surface area contributed by atoms with Crippen molar-refractivity contribution in [2.75, 3.05) is 44.2 Å². The average molecular weight is 392 g/mol. The standard InChI is InChI=1S/C23H29N5O/c1-3-26-14-16-27(17-15-26)20-10-8-19(9-11-20)23(29)24-12-13-28-18(2)25-21-6-4-5-7-22(21)28/h4-11H,3,12-17H2,1-2H3,(H,24,29). The largest absolute Gasteiger partial charge is 0.369 e. The van der Waals surface area contributed by atoms with Gasteiger partial charge in [-0.15, -0.1) is 0 Å². The van der Waals surface area contributed by atoms with Crippen molar-refractivity contribution in [1.29, 1.82) is 0 Å². The van der Waals surface area contributed by atoms with Crippen LogP contribution >= 0.6 is 0 Å². The number of hydrogen-bond acceptors (Lipinski definition) is 4. The van der Waals surface area contributed by atoms with Crippen molar-refractivity contribution < 1.29 is 4.79 Å². The summed E-state index contributed by atoms with van der Waals surface area (Å²) < 4.78 is 2.15. The van der Waals surface area contributed by atoms with Gasteiger partial charge in [-0.1, -0.05) is 19.1 Å². The molecule has 1 amide bonds. The first kappa shape index (κ1) is 19.5. The molecule has 0 radical (unpaired) electrons. The number of piperazine rings is 1. The Labute approximate surface area is 172 Å². The fourth-order valence-corrected chi connectivity index (χ4v) is 4.01. The molecule has 0 bridgehead atoms. The first-order chi connectivity index (χ1) is 14.2. The monoisotopic (exact) mass is 391 g/mol. The Morgan fingerprint density at radius 1 is 1.03 bits per heavy atom. The van der Waals surface area contributed by atoms with Crippen LogP contribution in [-0.2, 0) is 6.54 Å². The molecule has 2 heterocycles. The van der Waals surface area contributed by atoms with Gasteiger partial charge in [-0.3, -0.25) is 4.79 Å². The minimum absolute atomic E-state index is 0.0329. The molecule has 0 spiro atoms. The maximum atomic E-state index is 12.5. The summed E-state index contributed by atoms with van der Waals surface area (Å²) in [4.78, 5) is 22.0. The molecule has 1 saturated heterocycles. The Bertz CT molecular complexity index is 971. The molecular formula is C23H29N5O. The van der Waals surface area contributed by atoms with Gasteiger partial charge in [-0.2, -0.15) is 0 Å². The quantitative estimate of drug-likeness (QED) is 0.702. The molecule has 1 aliphatic rings. The van der Waals surface area contributed by atoms with Crippen LogP contribution < -0.4 is 10.2 Å². The first-order valence-corrected chi connectivity index (χ1v) is 10.4. The molecule has 152 valence electrons. The number of hydrogen-bond donors (Lipinski definition) is 1. The highest BCUT2D eigenvalue weighted by Gasteiger charge is 2.16. The number of aromatic nitrogens is 2. The fraction of sp³-hybridized carbons (Fsp3) is 0.391. The number of imidazole rings is 1. The predicted molar refractivity (Wildman–Crippen MR) is 118 cm³/mol. The highest BCUT2D eigenvalue weighted by atomic mass is 16.1. The lowest BCUT2D eigenvalue weighted by atomic mass is 10.1. The average Bonchev–Trinajstić information content (AvgIpc) is 3.09. The number of para-hydroxylation sites is 2. The van der Waals surface area contributed by atoms with Crippen LogP contribution in [0.2, 0.25) is 0 Å². The summed E-state index contributed by atoms with van der Waals surface area (Å²) in [6.07, 6.45) is 0. The van der Waals surface area contributed by atoms with E-state index >= 15 is 0 Å². The second-order valence-corrected chi connectivity index (χ2v) is 7.52. The Morgan fingerprint density at radius 2 is 1.76 bits per heavy atom. The molecule has 6 nitrogen and oxygen atoms in total. The third kappa shape index (κ3) is 4.27. The third-order valence-electron chi connectivity index (χ3n) is 5.78. The second kappa shape index (κ2) is 8.66. The van der Waals surface area contributed by atoms with Crippen molar-refractivity contribution in [3.05, 3.63) is 59.9 Å². The molecule has 1 aromatic heterocycles. The van der Waals surface area contributed by atoms with Crippen LogP contribution in [0.25, 0.3) is 11.0 Å². The Hall–Kier alpha value is -2.86. The van der Waals surface area contributed by atoms with Gasteiger partial charge in [0.25, 0.3) is 5.91 Å². The van der Waals surface area contributed by atoms with E-state index in [1.165, 1.54) is 5.69 Å². The van der Waals surface area contributed by atoms with Gasteiger partial charge in [-0.25, -0.2) is 4.98 Å². The zero-order valence-electron chi connectivity index (χ0n) is 17.3. The van der Waals surface area contributed by atoms with Gasteiger partial charge in [0, 0.05) is 50.5 Å². The van der Waals surface area contributed by atoms with Crippen LogP contribution in [0.1, 0.15) is 23.1 Å². The number of anilines is 1. The number of fused-ring (bicyclic) bond motifs is 1. The first-order valence-electron chi connectivity index (χ1n) is 10.4. The van der Waals surface area contributed by atoms with Gasteiger partial charge < -0.3 is 19.7 Å². The number of amides is 1. The third-order valence-corrected chi connectivity index (χ3v) is 5.78. The van der Waals surface area contributed by atoms with Crippen molar-refractivity contribution in [3.8, 4) is 0 Å². The van der Waals surface area contributed by atoms with Crippen LogP contribution in [0.5, 0.6) is 0 Å². The number of benzene rings is 2. The molecule has 2 aromatic carbocycles. The summed E-state index contributed by atoms with van der Waals surface area (Å²) in [5.74, 6) is 0.933. The van der Waals surface area contributed by atoms with Crippen molar-refractivity contribution in [1.82, 2.24) is 19.8 Å². The highest BCUT2D eigenvalue weighted by Crippen LogP contribution is 2.18. The molecule has 0 aliphatic carbocycles. The molecule has 0 saturated carbocycles. The van der Waals surface area contributed by atoms with Crippen molar-refractivity contribution in [2.24, 2.45) is 0 Å². The van der Waals surface area contributed by atoms with Crippen LogP contribution in [-0.4, -0.2) is 59.6 Å². The molecule has 4 rings (SSSR count). The summed E-state index contributed by atoms with van der Waals surface area (Å²) in [5.41, 5.74) is 3.99. The molecule has 0 unspecified atom stereocenters. The van der Waals surface area contributed by atoms with E-state index in [-0.39, 0.29) is 5.91 Å². The smallest absolute Gasteiger partial charge is 0.251 e. The predicted octanol–water partition coefficient (Wildman–Crippen LogP) is 2.92. The minimum atomic E-state index is -0.0329. The van der Waals surface area contributed by atoms with Gasteiger partial charge in [0.2, 0.25) is 0 Å². The van der Waals surface area contributed by atoms with E-state index in [2.05, 4.69) is 49.8 Å². The van der Waals surface area contributed by atoms with Gasteiger partial charge in [0.1, 0.15) is 5.82 Å². The van der Waals surface area contributed by atoms with E-state index in [0.29, 0.717) is 18.7 Å². The van der Waals surface area contributed by atoms with Crippen molar-refractivity contribution in [3.63, 3.8) is 0 Å². The van der Waals surface area contributed by atoms with E-state index in [9.17, 15) is 4.79 Å². The zero-order chi connectivity index (χ0) is 20.2. The molecule has 1 aliphatic heterocycles. The Kier molecular flexibility index (Phi) is 5.81. The van der Waals surface area contributed by atoms with Crippen LogP contribution in [0.15, 0.2) is 48.5 Å². The molecule has 1 fully saturated rings. The maximum absolute atomic E-state index is 12.5. The normalized spacial score (nSPS) is 15.0. The van der Waals surface area contributed by atoms with E-state index in [1.807, 2.05) is 37.3 Å². The van der Waals surface area contributed by atoms with Crippen molar-refractivity contribution in [2.45, 2.75) is 20.4 Å². The molecule has 6 heteroatoms. The topological polar surface area (TPSA) is 53.4 Å². The molecular weight excluding hydrogens is 362 g/mol. The number of rotatable bonds is 6. The molecule has 3 aromatic rings. The lowest BCUT2D eigenvalue weighted by Crippen LogP contribution is -2.46. The molecule has 29 heavy (non-hydrogen) atoms. The number of aryl methyl sites for hydroxylation is 1. The summed E-state index contributed by atoms with van der Waals surface area (Å²) in [7, 11) is 0. The van der Waals surface area contributed by atoms with E-state index in [4.69, 9.17) is 0 Å². The summed E-state index contributed by atoms with van der Waals surface area (Å²) in [6, 6.07) is 16.1. The summed E-state index contributed by atoms with van der Waals surface area (Å²) >= 11 is 0. The number of nitrogens with one attached hydrogen (secondary N) is 1.